The molecule has 134 valence electrons. The van der Waals surface area contributed by atoms with E-state index in [0.29, 0.717) is 28.1 Å². The molecule has 6 nitrogen and oxygen atoms in total. The first-order valence-electron chi connectivity index (χ1n) is 8.68. The van der Waals surface area contributed by atoms with Crippen molar-refractivity contribution < 1.29 is 14.3 Å². The van der Waals surface area contributed by atoms with Crippen LogP contribution in [0.25, 0.3) is 22.6 Å². The van der Waals surface area contributed by atoms with Crippen molar-refractivity contribution in [3.8, 4) is 11.4 Å². The van der Waals surface area contributed by atoms with Crippen LogP contribution in [0.1, 0.15) is 29.6 Å². The highest BCUT2D eigenvalue weighted by Crippen LogP contribution is 2.26. The minimum absolute atomic E-state index is 0.0220. The summed E-state index contributed by atoms with van der Waals surface area (Å²) in [4.78, 5) is 24.6. The summed E-state index contributed by atoms with van der Waals surface area (Å²) in [6, 6.07) is 7.58. The van der Waals surface area contributed by atoms with E-state index < -0.39 is 0 Å². The molecule has 0 spiro atoms. The molecule has 0 saturated heterocycles. The van der Waals surface area contributed by atoms with Gasteiger partial charge in [0.2, 0.25) is 0 Å². The maximum absolute atomic E-state index is 13.1. The minimum atomic E-state index is -0.321. The molecule has 0 aliphatic heterocycles. The van der Waals surface area contributed by atoms with E-state index in [1.165, 1.54) is 12.1 Å². The summed E-state index contributed by atoms with van der Waals surface area (Å²) in [5.74, 6) is 0.0880. The molecule has 1 fully saturated rings. The Bertz CT molecular complexity index is 938. The summed E-state index contributed by atoms with van der Waals surface area (Å²) in [5.41, 5.74) is 2.13. The van der Waals surface area contributed by atoms with E-state index in [0.717, 1.165) is 19.3 Å². The third-order valence-electron chi connectivity index (χ3n) is 4.96. The van der Waals surface area contributed by atoms with Crippen molar-refractivity contribution in [1.29, 1.82) is 0 Å². The quantitative estimate of drug-likeness (QED) is 0.672. The molecular weight excluding hydrogens is 335 g/mol. The van der Waals surface area contributed by atoms with Crippen molar-refractivity contribution >= 4 is 17.1 Å². The molecule has 2 heterocycles. The number of halogens is 1. The average Bonchev–Trinajstić information content (AvgIpc) is 3.28. The number of nitrogens with one attached hydrogen (secondary N) is 2. The Hall–Kier alpha value is -2.80. The number of aliphatic hydroxyl groups is 1. The zero-order valence-corrected chi connectivity index (χ0v) is 14.1. The van der Waals surface area contributed by atoms with Gasteiger partial charge in [-0.05, 0) is 43.2 Å². The van der Waals surface area contributed by atoms with E-state index in [4.69, 9.17) is 0 Å². The Morgan fingerprint density at radius 2 is 2.08 bits per heavy atom. The molecule has 1 saturated carbocycles. The van der Waals surface area contributed by atoms with Crippen LogP contribution in [0.4, 0.5) is 4.39 Å². The Morgan fingerprint density at radius 3 is 2.85 bits per heavy atom. The second-order valence-corrected chi connectivity index (χ2v) is 6.60. The van der Waals surface area contributed by atoms with E-state index in [2.05, 4.69) is 20.3 Å². The van der Waals surface area contributed by atoms with Crippen LogP contribution in [0, 0.1) is 11.7 Å². The largest absolute Gasteiger partial charge is 0.396 e. The summed E-state index contributed by atoms with van der Waals surface area (Å²) < 4.78 is 13.1. The second kappa shape index (κ2) is 6.84. The van der Waals surface area contributed by atoms with Crippen LogP contribution in [-0.4, -0.2) is 38.6 Å². The number of benzene rings is 1. The number of H-pyrrole nitrogens is 1. The van der Waals surface area contributed by atoms with Crippen LogP contribution in [0.15, 0.2) is 36.5 Å². The summed E-state index contributed by atoms with van der Waals surface area (Å²) in [6.45, 7) is 0.0772. The molecule has 2 aromatic heterocycles. The number of imidazole rings is 1. The molecule has 0 radical (unpaired) electrons. The van der Waals surface area contributed by atoms with Gasteiger partial charge in [-0.3, -0.25) is 4.79 Å². The van der Waals surface area contributed by atoms with Crippen LogP contribution < -0.4 is 5.32 Å². The van der Waals surface area contributed by atoms with Crippen molar-refractivity contribution in [2.45, 2.75) is 25.3 Å². The lowest BCUT2D eigenvalue weighted by molar-refractivity contribution is 0.0917. The Morgan fingerprint density at radius 1 is 1.27 bits per heavy atom. The molecular formula is C19H19FN4O2. The predicted molar refractivity (Wildman–Crippen MR) is 95.0 cm³/mol. The van der Waals surface area contributed by atoms with E-state index in [9.17, 15) is 14.3 Å². The van der Waals surface area contributed by atoms with Crippen molar-refractivity contribution in [3.05, 3.63) is 47.9 Å². The molecule has 3 aromatic rings. The predicted octanol–water partition coefficient (Wildman–Crippen LogP) is 2.65. The third kappa shape index (κ3) is 3.06. The molecule has 4 rings (SSSR count). The molecule has 3 N–H and O–H groups in total. The fourth-order valence-electron chi connectivity index (χ4n) is 3.53. The van der Waals surface area contributed by atoms with E-state index in [-0.39, 0.29) is 30.3 Å². The van der Waals surface area contributed by atoms with Gasteiger partial charge in [0.25, 0.3) is 5.91 Å². The summed E-state index contributed by atoms with van der Waals surface area (Å²) in [5, 5.41) is 12.4. The van der Waals surface area contributed by atoms with Gasteiger partial charge in [-0.15, -0.1) is 0 Å². The van der Waals surface area contributed by atoms with Gasteiger partial charge in [0.1, 0.15) is 17.2 Å². The van der Waals surface area contributed by atoms with Gasteiger partial charge in [0.05, 0.1) is 5.56 Å². The number of aromatic nitrogens is 3. The SMILES string of the molecule is O=C(NC1CCCC1CO)c1ccnc2[nH]c(-c3ccc(F)cc3)nc12. The van der Waals surface area contributed by atoms with Gasteiger partial charge in [0, 0.05) is 30.3 Å². The van der Waals surface area contributed by atoms with Crippen molar-refractivity contribution in [2.24, 2.45) is 5.92 Å². The molecule has 2 unspecified atom stereocenters. The number of amides is 1. The lowest BCUT2D eigenvalue weighted by atomic mass is 10.0. The third-order valence-corrected chi connectivity index (χ3v) is 4.96. The highest BCUT2D eigenvalue weighted by atomic mass is 19.1. The zero-order chi connectivity index (χ0) is 18.1. The maximum atomic E-state index is 13.1. The molecule has 2 atom stereocenters. The highest BCUT2D eigenvalue weighted by Gasteiger charge is 2.28. The van der Waals surface area contributed by atoms with Gasteiger partial charge >= 0.3 is 0 Å². The smallest absolute Gasteiger partial charge is 0.253 e. The van der Waals surface area contributed by atoms with Crippen LogP contribution in [0.3, 0.4) is 0 Å². The fraction of sp³-hybridized carbons (Fsp3) is 0.316. The van der Waals surface area contributed by atoms with Gasteiger partial charge in [-0.2, -0.15) is 0 Å². The first-order valence-corrected chi connectivity index (χ1v) is 8.68. The molecule has 0 bridgehead atoms. The standard InChI is InChI=1S/C19H19FN4O2/c20-13-6-4-11(5-7-13)17-23-16-14(8-9-21-18(16)24-17)19(26)22-15-3-1-2-12(15)10-25/h4-9,12,15,25H,1-3,10H2,(H,22,26)(H,21,23,24). The number of pyridine rings is 1. The van der Waals surface area contributed by atoms with Gasteiger partial charge in [0.15, 0.2) is 5.65 Å². The van der Waals surface area contributed by atoms with E-state index in [1.54, 1.807) is 24.4 Å². The number of nitrogens with zero attached hydrogens (tertiary/aromatic N) is 2. The topological polar surface area (TPSA) is 90.9 Å². The summed E-state index contributed by atoms with van der Waals surface area (Å²) >= 11 is 0. The van der Waals surface area contributed by atoms with Gasteiger partial charge < -0.3 is 15.4 Å². The van der Waals surface area contributed by atoms with Gasteiger partial charge in [-0.1, -0.05) is 6.42 Å². The van der Waals surface area contributed by atoms with Crippen LogP contribution in [0.2, 0.25) is 0 Å². The zero-order valence-electron chi connectivity index (χ0n) is 14.1. The van der Waals surface area contributed by atoms with E-state index in [1.807, 2.05) is 0 Å². The van der Waals surface area contributed by atoms with Gasteiger partial charge in [-0.25, -0.2) is 14.4 Å². The van der Waals surface area contributed by atoms with Crippen molar-refractivity contribution in [2.75, 3.05) is 6.61 Å². The number of hydrogen-bond acceptors (Lipinski definition) is 4. The lowest BCUT2D eigenvalue weighted by Crippen LogP contribution is -2.38. The number of carbonyl (C=O) groups is 1. The number of hydrogen-bond donors (Lipinski definition) is 3. The Balaban J connectivity index is 1.65. The number of rotatable bonds is 4. The number of fused-ring (bicyclic) bond motifs is 1. The Labute approximate surface area is 149 Å². The molecule has 26 heavy (non-hydrogen) atoms. The number of aliphatic hydroxyl groups excluding tert-OH is 1. The average molecular weight is 354 g/mol. The summed E-state index contributed by atoms with van der Waals surface area (Å²) in [7, 11) is 0. The number of carbonyl (C=O) groups excluding carboxylic acids is 1. The van der Waals surface area contributed by atoms with Crippen molar-refractivity contribution in [1.82, 2.24) is 20.3 Å². The molecule has 7 heteroatoms. The Kier molecular flexibility index (Phi) is 4.38. The molecule has 1 aliphatic carbocycles. The summed E-state index contributed by atoms with van der Waals surface area (Å²) in [6.07, 6.45) is 4.35. The monoisotopic (exact) mass is 354 g/mol. The van der Waals surface area contributed by atoms with E-state index >= 15 is 0 Å². The molecule has 1 aromatic carbocycles. The van der Waals surface area contributed by atoms with Crippen LogP contribution in [0.5, 0.6) is 0 Å². The molecule has 1 aliphatic rings. The lowest BCUT2D eigenvalue weighted by Gasteiger charge is -2.19. The van der Waals surface area contributed by atoms with Crippen molar-refractivity contribution in [3.63, 3.8) is 0 Å². The minimum Gasteiger partial charge on any atom is -0.396 e. The van der Waals surface area contributed by atoms with Crippen LogP contribution >= 0.6 is 0 Å². The molecule has 1 amide bonds. The second-order valence-electron chi connectivity index (χ2n) is 6.60. The van der Waals surface area contributed by atoms with Crippen LogP contribution in [-0.2, 0) is 0 Å². The maximum Gasteiger partial charge on any atom is 0.253 e. The normalized spacial score (nSPS) is 19.8. The highest BCUT2D eigenvalue weighted by molar-refractivity contribution is 6.04. The first kappa shape index (κ1) is 16.7. The first-order chi connectivity index (χ1) is 12.7. The number of aromatic amines is 1. The fourth-order valence-corrected chi connectivity index (χ4v) is 3.53.